The lowest BCUT2D eigenvalue weighted by atomic mass is 9.96. The van der Waals surface area contributed by atoms with Crippen LogP contribution in [0, 0.1) is 11.8 Å². The van der Waals surface area contributed by atoms with Gasteiger partial charge in [-0.1, -0.05) is 6.92 Å². The minimum atomic E-state index is -0.496. The van der Waals surface area contributed by atoms with Gasteiger partial charge in [0, 0.05) is 26.1 Å². The summed E-state index contributed by atoms with van der Waals surface area (Å²) in [5.41, 5.74) is 10.6. The van der Waals surface area contributed by atoms with E-state index in [0.717, 1.165) is 38.8 Å². The predicted octanol–water partition coefficient (Wildman–Crippen LogP) is 0.658. The number of urea groups is 1. The molecule has 0 saturated carbocycles. The molecule has 2 atom stereocenters. The Morgan fingerprint density at radius 3 is 2.80 bits per heavy atom. The van der Waals surface area contributed by atoms with Crippen LogP contribution in [0.4, 0.5) is 4.79 Å². The molecular formula is C14H28N4O2. The maximum absolute atomic E-state index is 12.2. The molecule has 116 valence electrons. The molecule has 0 aromatic heterocycles. The number of piperidine rings is 1. The standard InChI is InChI=1S/C14H28N4O2/c1-11(6-7-15)4-5-13(19)18-8-2-3-12(10-18)9-17-14(16)20/h11-12H,2-10,15H2,1H3,(H3,16,17,20). The van der Waals surface area contributed by atoms with E-state index in [2.05, 4.69) is 12.2 Å². The number of likely N-dealkylation sites (tertiary alicyclic amines) is 1. The van der Waals surface area contributed by atoms with Crippen molar-refractivity contribution in [2.45, 2.75) is 39.0 Å². The van der Waals surface area contributed by atoms with E-state index >= 15 is 0 Å². The summed E-state index contributed by atoms with van der Waals surface area (Å²) in [6.07, 6.45) is 4.50. The average Bonchev–Trinajstić information content (AvgIpc) is 2.43. The SMILES string of the molecule is CC(CCN)CCC(=O)N1CCCC(CNC(N)=O)C1. The Morgan fingerprint density at radius 2 is 2.15 bits per heavy atom. The summed E-state index contributed by atoms with van der Waals surface area (Å²) >= 11 is 0. The molecule has 1 fully saturated rings. The molecule has 0 aromatic rings. The van der Waals surface area contributed by atoms with Crippen molar-refractivity contribution < 1.29 is 9.59 Å². The minimum absolute atomic E-state index is 0.220. The van der Waals surface area contributed by atoms with Gasteiger partial charge in [0.15, 0.2) is 0 Å². The fourth-order valence-electron chi connectivity index (χ4n) is 2.66. The zero-order valence-corrected chi connectivity index (χ0v) is 12.4. The van der Waals surface area contributed by atoms with Crippen LogP contribution in [-0.4, -0.2) is 43.0 Å². The van der Waals surface area contributed by atoms with Crippen molar-refractivity contribution in [3.05, 3.63) is 0 Å². The lowest BCUT2D eigenvalue weighted by Gasteiger charge is -2.33. The first-order chi connectivity index (χ1) is 9.52. The molecule has 1 aliphatic rings. The summed E-state index contributed by atoms with van der Waals surface area (Å²) in [4.78, 5) is 24.8. The Hall–Kier alpha value is -1.30. The first-order valence-corrected chi connectivity index (χ1v) is 7.54. The molecule has 1 saturated heterocycles. The maximum atomic E-state index is 12.2. The largest absolute Gasteiger partial charge is 0.352 e. The monoisotopic (exact) mass is 284 g/mol. The van der Waals surface area contributed by atoms with Crippen LogP contribution in [0.15, 0.2) is 0 Å². The fraction of sp³-hybridized carbons (Fsp3) is 0.857. The number of amides is 3. The molecular weight excluding hydrogens is 256 g/mol. The van der Waals surface area contributed by atoms with Crippen LogP contribution in [0.5, 0.6) is 0 Å². The average molecular weight is 284 g/mol. The molecule has 0 aromatic carbocycles. The summed E-state index contributed by atoms with van der Waals surface area (Å²) in [6.45, 7) is 4.93. The van der Waals surface area contributed by atoms with Gasteiger partial charge in [-0.15, -0.1) is 0 Å². The van der Waals surface area contributed by atoms with Crippen molar-refractivity contribution in [3.63, 3.8) is 0 Å². The first kappa shape index (κ1) is 16.8. The third kappa shape index (κ3) is 6.23. The zero-order chi connectivity index (χ0) is 15.0. The van der Waals surface area contributed by atoms with Crippen LogP contribution in [-0.2, 0) is 4.79 Å². The Morgan fingerprint density at radius 1 is 1.40 bits per heavy atom. The quantitative estimate of drug-likeness (QED) is 0.640. The van der Waals surface area contributed by atoms with Gasteiger partial charge in [0.05, 0.1) is 0 Å². The zero-order valence-electron chi connectivity index (χ0n) is 12.4. The van der Waals surface area contributed by atoms with Gasteiger partial charge in [-0.3, -0.25) is 4.79 Å². The number of carbonyl (C=O) groups is 2. The number of rotatable bonds is 7. The van der Waals surface area contributed by atoms with Crippen LogP contribution < -0.4 is 16.8 Å². The number of nitrogens with zero attached hydrogens (tertiary/aromatic N) is 1. The molecule has 1 aliphatic heterocycles. The van der Waals surface area contributed by atoms with Crippen LogP contribution in [0.3, 0.4) is 0 Å². The van der Waals surface area contributed by atoms with Gasteiger partial charge in [-0.05, 0) is 44.1 Å². The number of nitrogens with one attached hydrogen (secondary N) is 1. The highest BCUT2D eigenvalue weighted by molar-refractivity contribution is 5.76. The maximum Gasteiger partial charge on any atom is 0.312 e. The molecule has 0 aliphatic carbocycles. The number of hydrogen-bond acceptors (Lipinski definition) is 3. The fourth-order valence-corrected chi connectivity index (χ4v) is 2.66. The smallest absolute Gasteiger partial charge is 0.312 e. The van der Waals surface area contributed by atoms with Gasteiger partial charge in [0.25, 0.3) is 0 Å². The summed E-state index contributed by atoms with van der Waals surface area (Å²) < 4.78 is 0. The first-order valence-electron chi connectivity index (χ1n) is 7.54. The van der Waals surface area contributed by atoms with Gasteiger partial charge in [-0.2, -0.15) is 0 Å². The van der Waals surface area contributed by atoms with Gasteiger partial charge < -0.3 is 21.7 Å². The van der Waals surface area contributed by atoms with Gasteiger partial charge in [0.1, 0.15) is 0 Å². The summed E-state index contributed by atoms with van der Waals surface area (Å²) in [6, 6.07) is -0.496. The Labute approximate surface area is 121 Å². The Balaban J connectivity index is 2.30. The number of hydrogen-bond donors (Lipinski definition) is 3. The van der Waals surface area contributed by atoms with Crippen molar-refractivity contribution in [1.29, 1.82) is 0 Å². The molecule has 6 heteroatoms. The van der Waals surface area contributed by atoms with E-state index in [1.54, 1.807) is 0 Å². The van der Waals surface area contributed by atoms with Crippen LogP contribution in [0.1, 0.15) is 39.0 Å². The van der Waals surface area contributed by atoms with Crippen molar-refractivity contribution in [3.8, 4) is 0 Å². The molecule has 1 rings (SSSR count). The molecule has 0 radical (unpaired) electrons. The second-order valence-electron chi connectivity index (χ2n) is 5.81. The normalized spacial score (nSPS) is 20.5. The van der Waals surface area contributed by atoms with Crippen LogP contribution in [0.2, 0.25) is 0 Å². The molecule has 2 unspecified atom stereocenters. The highest BCUT2D eigenvalue weighted by Gasteiger charge is 2.23. The van der Waals surface area contributed by atoms with Gasteiger partial charge in [0.2, 0.25) is 5.91 Å². The highest BCUT2D eigenvalue weighted by Crippen LogP contribution is 2.18. The molecule has 6 nitrogen and oxygen atoms in total. The van der Waals surface area contributed by atoms with Gasteiger partial charge >= 0.3 is 6.03 Å². The lowest BCUT2D eigenvalue weighted by molar-refractivity contribution is -0.133. The molecule has 1 heterocycles. The van der Waals surface area contributed by atoms with E-state index in [1.807, 2.05) is 4.90 Å². The molecule has 5 N–H and O–H groups in total. The minimum Gasteiger partial charge on any atom is -0.352 e. The van der Waals surface area contributed by atoms with Crippen molar-refractivity contribution in [2.75, 3.05) is 26.2 Å². The third-order valence-electron chi connectivity index (χ3n) is 3.95. The number of primary amides is 1. The predicted molar refractivity (Wildman–Crippen MR) is 79.0 cm³/mol. The van der Waals surface area contributed by atoms with E-state index < -0.39 is 6.03 Å². The van der Waals surface area contributed by atoms with Crippen LogP contribution >= 0.6 is 0 Å². The highest BCUT2D eigenvalue weighted by atomic mass is 16.2. The summed E-state index contributed by atoms with van der Waals surface area (Å²) in [5.74, 6) is 1.04. The Bertz CT molecular complexity index is 322. The summed E-state index contributed by atoms with van der Waals surface area (Å²) in [5, 5.41) is 2.63. The second kappa shape index (κ2) is 8.79. The number of carbonyl (C=O) groups excluding carboxylic acids is 2. The second-order valence-corrected chi connectivity index (χ2v) is 5.81. The van der Waals surface area contributed by atoms with E-state index in [4.69, 9.17) is 11.5 Å². The summed E-state index contributed by atoms with van der Waals surface area (Å²) in [7, 11) is 0. The molecule has 0 bridgehead atoms. The third-order valence-corrected chi connectivity index (χ3v) is 3.95. The van der Waals surface area contributed by atoms with E-state index in [-0.39, 0.29) is 5.91 Å². The lowest BCUT2D eigenvalue weighted by Crippen LogP contribution is -2.44. The van der Waals surface area contributed by atoms with Crippen molar-refractivity contribution in [2.24, 2.45) is 23.3 Å². The van der Waals surface area contributed by atoms with E-state index in [0.29, 0.717) is 31.3 Å². The van der Waals surface area contributed by atoms with Crippen LogP contribution in [0.25, 0.3) is 0 Å². The van der Waals surface area contributed by atoms with E-state index in [9.17, 15) is 9.59 Å². The number of nitrogens with two attached hydrogens (primary N) is 2. The molecule has 20 heavy (non-hydrogen) atoms. The molecule has 3 amide bonds. The van der Waals surface area contributed by atoms with E-state index in [1.165, 1.54) is 0 Å². The van der Waals surface area contributed by atoms with Crippen molar-refractivity contribution in [1.82, 2.24) is 10.2 Å². The topological polar surface area (TPSA) is 101 Å². The van der Waals surface area contributed by atoms with Crippen molar-refractivity contribution >= 4 is 11.9 Å². The Kier molecular flexibility index (Phi) is 7.36. The molecule has 0 spiro atoms. The van der Waals surface area contributed by atoms with Gasteiger partial charge in [-0.25, -0.2) is 4.79 Å².